The first-order chi connectivity index (χ1) is 9.62. The molecule has 0 bridgehead atoms. The van der Waals surface area contributed by atoms with E-state index in [1.807, 2.05) is 0 Å². The molecule has 2 heteroatoms. The molecule has 0 aliphatic heterocycles. The Morgan fingerprint density at radius 3 is 1.25 bits per heavy atom. The SMILES string of the molecule is CCCCCCCCCC(N)(O)CCCCCCCC. The van der Waals surface area contributed by atoms with E-state index in [4.69, 9.17) is 5.73 Å². The second-order valence-corrected chi connectivity index (χ2v) is 6.49. The van der Waals surface area contributed by atoms with E-state index in [0.29, 0.717) is 0 Å². The molecule has 0 amide bonds. The quantitative estimate of drug-likeness (QED) is 0.307. The minimum Gasteiger partial charge on any atom is -0.376 e. The predicted molar refractivity (Wildman–Crippen MR) is 89.7 cm³/mol. The highest BCUT2D eigenvalue weighted by Crippen LogP contribution is 2.18. The van der Waals surface area contributed by atoms with E-state index >= 15 is 0 Å². The maximum Gasteiger partial charge on any atom is 0.113 e. The lowest BCUT2D eigenvalue weighted by Gasteiger charge is -2.23. The van der Waals surface area contributed by atoms with Crippen LogP contribution in [0.3, 0.4) is 0 Å². The van der Waals surface area contributed by atoms with E-state index in [-0.39, 0.29) is 0 Å². The summed E-state index contributed by atoms with van der Waals surface area (Å²) in [6, 6.07) is 0. The summed E-state index contributed by atoms with van der Waals surface area (Å²) < 4.78 is 0. The van der Waals surface area contributed by atoms with Crippen LogP contribution in [0.15, 0.2) is 0 Å². The van der Waals surface area contributed by atoms with Crippen LogP contribution in [0.2, 0.25) is 0 Å². The average molecular weight is 286 g/mol. The summed E-state index contributed by atoms with van der Waals surface area (Å²) in [5, 5.41) is 10.1. The van der Waals surface area contributed by atoms with Gasteiger partial charge in [-0.3, -0.25) is 0 Å². The lowest BCUT2D eigenvalue weighted by atomic mass is 9.97. The summed E-state index contributed by atoms with van der Waals surface area (Å²) >= 11 is 0. The van der Waals surface area contributed by atoms with E-state index in [1.54, 1.807) is 0 Å². The molecule has 0 saturated heterocycles. The minimum absolute atomic E-state index is 0.773. The molecule has 20 heavy (non-hydrogen) atoms. The van der Waals surface area contributed by atoms with Crippen LogP contribution >= 0.6 is 0 Å². The van der Waals surface area contributed by atoms with E-state index < -0.39 is 5.72 Å². The third-order valence-electron chi connectivity index (χ3n) is 4.18. The number of hydrogen-bond acceptors (Lipinski definition) is 2. The van der Waals surface area contributed by atoms with Gasteiger partial charge in [-0.25, -0.2) is 0 Å². The van der Waals surface area contributed by atoms with Crippen LogP contribution < -0.4 is 5.73 Å². The smallest absolute Gasteiger partial charge is 0.113 e. The summed E-state index contributed by atoms with van der Waals surface area (Å²) in [6.07, 6.45) is 18.1. The summed E-state index contributed by atoms with van der Waals surface area (Å²) in [7, 11) is 0. The van der Waals surface area contributed by atoms with Gasteiger partial charge in [-0.15, -0.1) is 0 Å². The normalized spacial score (nSPS) is 14.4. The van der Waals surface area contributed by atoms with Crippen LogP contribution in [0.25, 0.3) is 0 Å². The fraction of sp³-hybridized carbons (Fsp3) is 1.00. The van der Waals surface area contributed by atoms with Crippen molar-refractivity contribution >= 4 is 0 Å². The topological polar surface area (TPSA) is 46.2 Å². The van der Waals surface area contributed by atoms with E-state index in [2.05, 4.69) is 13.8 Å². The van der Waals surface area contributed by atoms with Gasteiger partial charge < -0.3 is 10.8 Å². The van der Waals surface area contributed by atoms with Crippen molar-refractivity contribution in [1.29, 1.82) is 0 Å². The lowest BCUT2D eigenvalue weighted by molar-refractivity contribution is 0.0240. The highest BCUT2D eigenvalue weighted by Gasteiger charge is 2.19. The maximum absolute atomic E-state index is 10.1. The standard InChI is InChI=1S/C18H39NO/c1-3-5-7-9-11-13-15-17-18(19,20)16-14-12-10-8-6-4-2/h20H,3-17,19H2,1-2H3. The van der Waals surface area contributed by atoms with Crippen LogP contribution in [0, 0.1) is 0 Å². The van der Waals surface area contributed by atoms with Gasteiger partial charge in [-0.1, -0.05) is 84.5 Å². The first-order valence-corrected chi connectivity index (χ1v) is 9.13. The van der Waals surface area contributed by atoms with Crippen molar-refractivity contribution in [3.63, 3.8) is 0 Å². The summed E-state index contributed by atoms with van der Waals surface area (Å²) in [4.78, 5) is 0. The Kier molecular flexibility index (Phi) is 13.8. The van der Waals surface area contributed by atoms with Gasteiger partial charge in [0, 0.05) is 0 Å². The Labute approximate surface area is 127 Å². The number of rotatable bonds is 15. The summed E-state index contributed by atoms with van der Waals surface area (Å²) in [5.74, 6) is 0. The first kappa shape index (κ1) is 19.9. The molecular weight excluding hydrogens is 246 g/mol. The molecule has 1 unspecified atom stereocenters. The van der Waals surface area contributed by atoms with Crippen molar-refractivity contribution in [3.05, 3.63) is 0 Å². The molecule has 2 nitrogen and oxygen atoms in total. The molecule has 3 N–H and O–H groups in total. The fourth-order valence-corrected chi connectivity index (χ4v) is 2.72. The van der Waals surface area contributed by atoms with Crippen LogP contribution in [0.1, 0.15) is 110 Å². The van der Waals surface area contributed by atoms with Crippen LogP contribution in [0.4, 0.5) is 0 Å². The highest BCUT2D eigenvalue weighted by molar-refractivity contribution is 4.70. The summed E-state index contributed by atoms with van der Waals surface area (Å²) in [6.45, 7) is 4.48. The van der Waals surface area contributed by atoms with Crippen LogP contribution in [-0.2, 0) is 0 Å². The van der Waals surface area contributed by atoms with Crippen LogP contribution in [0.5, 0.6) is 0 Å². The van der Waals surface area contributed by atoms with Gasteiger partial charge in [0.1, 0.15) is 5.72 Å². The van der Waals surface area contributed by atoms with Crippen molar-refractivity contribution in [2.75, 3.05) is 0 Å². The molecule has 0 aliphatic carbocycles. The molecule has 0 saturated carbocycles. The van der Waals surface area contributed by atoms with Gasteiger partial charge in [0.2, 0.25) is 0 Å². The van der Waals surface area contributed by atoms with Gasteiger partial charge in [-0.05, 0) is 25.7 Å². The van der Waals surface area contributed by atoms with Crippen molar-refractivity contribution in [3.8, 4) is 0 Å². The molecule has 0 heterocycles. The predicted octanol–water partition coefficient (Wildman–Crippen LogP) is 5.53. The second kappa shape index (κ2) is 13.9. The Morgan fingerprint density at radius 1 is 0.600 bits per heavy atom. The van der Waals surface area contributed by atoms with E-state index in [1.165, 1.54) is 70.6 Å². The fourth-order valence-electron chi connectivity index (χ4n) is 2.72. The van der Waals surface area contributed by atoms with Gasteiger partial charge in [0.25, 0.3) is 0 Å². The molecular formula is C18H39NO. The molecule has 0 radical (unpaired) electrons. The third-order valence-corrected chi connectivity index (χ3v) is 4.18. The highest BCUT2D eigenvalue weighted by atomic mass is 16.3. The molecule has 122 valence electrons. The first-order valence-electron chi connectivity index (χ1n) is 9.13. The van der Waals surface area contributed by atoms with Gasteiger partial charge in [0.15, 0.2) is 0 Å². The number of aliphatic hydroxyl groups is 1. The number of hydrogen-bond donors (Lipinski definition) is 2. The Morgan fingerprint density at radius 2 is 0.900 bits per heavy atom. The Hall–Kier alpha value is -0.0800. The lowest BCUT2D eigenvalue weighted by Crippen LogP contribution is -2.39. The molecule has 0 fully saturated rings. The average Bonchev–Trinajstić information content (AvgIpc) is 2.41. The molecule has 0 aliphatic rings. The zero-order valence-corrected chi connectivity index (χ0v) is 14.1. The van der Waals surface area contributed by atoms with Crippen molar-refractivity contribution in [2.45, 2.75) is 116 Å². The Bertz CT molecular complexity index is 192. The second-order valence-electron chi connectivity index (χ2n) is 6.49. The number of nitrogens with two attached hydrogens (primary N) is 1. The maximum atomic E-state index is 10.1. The van der Waals surface area contributed by atoms with Crippen molar-refractivity contribution in [1.82, 2.24) is 0 Å². The minimum atomic E-state index is -0.909. The number of unbranched alkanes of at least 4 members (excludes halogenated alkanes) is 11. The van der Waals surface area contributed by atoms with Gasteiger partial charge in [-0.2, -0.15) is 0 Å². The van der Waals surface area contributed by atoms with E-state index in [0.717, 1.165) is 25.7 Å². The largest absolute Gasteiger partial charge is 0.376 e. The molecule has 1 atom stereocenters. The van der Waals surface area contributed by atoms with Crippen molar-refractivity contribution < 1.29 is 5.11 Å². The monoisotopic (exact) mass is 285 g/mol. The molecule has 0 rings (SSSR count). The summed E-state index contributed by atoms with van der Waals surface area (Å²) in [5.41, 5.74) is 5.07. The Balaban J connectivity index is 3.35. The molecule has 0 aromatic carbocycles. The molecule has 0 aromatic heterocycles. The molecule has 0 spiro atoms. The van der Waals surface area contributed by atoms with Crippen molar-refractivity contribution in [2.24, 2.45) is 5.73 Å². The zero-order valence-electron chi connectivity index (χ0n) is 14.1. The third kappa shape index (κ3) is 14.3. The van der Waals surface area contributed by atoms with Gasteiger partial charge in [0.05, 0.1) is 0 Å². The van der Waals surface area contributed by atoms with Gasteiger partial charge >= 0.3 is 0 Å². The zero-order chi connectivity index (χ0) is 15.1. The van der Waals surface area contributed by atoms with E-state index in [9.17, 15) is 5.11 Å². The molecule has 0 aromatic rings. The van der Waals surface area contributed by atoms with Crippen LogP contribution in [-0.4, -0.2) is 10.8 Å².